The van der Waals surface area contributed by atoms with Gasteiger partial charge in [-0.25, -0.2) is 4.39 Å². The summed E-state index contributed by atoms with van der Waals surface area (Å²) in [5.74, 6) is 0.0181. The smallest absolute Gasteiger partial charge is 0.182 e. The minimum absolute atomic E-state index is 0.112. The van der Waals surface area contributed by atoms with Gasteiger partial charge < -0.3 is 9.47 Å². The molecule has 0 radical (unpaired) electrons. The van der Waals surface area contributed by atoms with Crippen molar-refractivity contribution in [2.75, 3.05) is 13.2 Å². The molecule has 0 bridgehead atoms. The van der Waals surface area contributed by atoms with Gasteiger partial charge in [0.25, 0.3) is 0 Å². The lowest BCUT2D eigenvalue weighted by molar-refractivity contribution is 0.168. The first-order chi connectivity index (χ1) is 9.29. The highest BCUT2D eigenvalue weighted by Gasteiger charge is 2.24. The van der Waals surface area contributed by atoms with E-state index in [9.17, 15) is 4.39 Å². The van der Waals surface area contributed by atoms with Crippen LogP contribution < -0.4 is 9.47 Å². The number of rotatable bonds is 2. The van der Waals surface area contributed by atoms with Crippen molar-refractivity contribution in [1.29, 1.82) is 5.26 Å². The second-order valence-corrected chi connectivity index (χ2v) is 4.06. The topological polar surface area (TPSA) is 60.1 Å². The summed E-state index contributed by atoms with van der Waals surface area (Å²) in [5.41, 5.74) is 0.494. The zero-order valence-electron chi connectivity index (χ0n) is 9.97. The fourth-order valence-electron chi connectivity index (χ4n) is 2.03. The highest BCUT2D eigenvalue weighted by Crippen LogP contribution is 2.38. The van der Waals surface area contributed by atoms with Gasteiger partial charge in [0.2, 0.25) is 0 Å². The second-order valence-electron chi connectivity index (χ2n) is 4.06. The minimum atomic E-state index is -0.603. The Balaban J connectivity index is 2.10. The second kappa shape index (κ2) is 4.61. The molecule has 0 aliphatic carbocycles. The maximum absolute atomic E-state index is 13.9. The van der Waals surface area contributed by atoms with E-state index in [0.717, 1.165) is 0 Å². The predicted octanol–water partition coefficient (Wildman–Crippen LogP) is 1.71. The monoisotopic (exact) mass is 259 g/mol. The Morgan fingerprint density at radius 2 is 2.16 bits per heavy atom. The van der Waals surface area contributed by atoms with E-state index in [2.05, 4.69) is 5.10 Å². The number of halogens is 1. The van der Waals surface area contributed by atoms with Crippen LogP contribution in [0.2, 0.25) is 0 Å². The molecule has 1 aliphatic rings. The van der Waals surface area contributed by atoms with Gasteiger partial charge >= 0.3 is 0 Å². The maximum atomic E-state index is 13.9. The largest absolute Gasteiger partial charge is 0.486 e. The van der Waals surface area contributed by atoms with E-state index in [-0.39, 0.29) is 11.3 Å². The van der Waals surface area contributed by atoms with Crippen LogP contribution in [0.5, 0.6) is 11.5 Å². The van der Waals surface area contributed by atoms with Crippen molar-refractivity contribution in [2.24, 2.45) is 0 Å². The number of nitriles is 1. The van der Waals surface area contributed by atoms with Crippen LogP contribution in [0.3, 0.4) is 0 Å². The summed E-state index contributed by atoms with van der Waals surface area (Å²) in [6, 6.07) is 4.89. The molecular formula is C13H10FN3O2. The van der Waals surface area contributed by atoms with Gasteiger partial charge in [0, 0.05) is 18.0 Å². The summed E-state index contributed by atoms with van der Waals surface area (Å²) in [7, 11) is 0. The predicted molar refractivity (Wildman–Crippen MR) is 63.4 cm³/mol. The molecule has 3 rings (SSSR count). The molecule has 0 fully saturated rings. The first kappa shape index (κ1) is 11.5. The van der Waals surface area contributed by atoms with E-state index >= 15 is 0 Å². The molecule has 0 amide bonds. The van der Waals surface area contributed by atoms with E-state index in [1.807, 2.05) is 6.07 Å². The van der Waals surface area contributed by atoms with Crippen LogP contribution in [0.15, 0.2) is 24.5 Å². The zero-order valence-corrected chi connectivity index (χ0v) is 9.97. The van der Waals surface area contributed by atoms with E-state index < -0.39 is 5.82 Å². The van der Waals surface area contributed by atoms with Gasteiger partial charge in [-0.15, -0.1) is 0 Å². The SMILES string of the molecule is N#Cc1c(F)cc(Cn2cccn2)c2c1OCCO2. The summed E-state index contributed by atoms with van der Waals surface area (Å²) >= 11 is 0. The molecule has 6 heteroatoms. The number of hydrogen-bond acceptors (Lipinski definition) is 4. The van der Waals surface area contributed by atoms with Crippen molar-refractivity contribution in [3.8, 4) is 17.6 Å². The van der Waals surface area contributed by atoms with Gasteiger partial charge in [-0.1, -0.05) is 0 Å². The number of aromatic nitrogens is 2. The van der Waals surface area contributed by atoms with Crippen molar-refractivity contribution in [3.63, 3.8) is 0 Å². The van der Waals surface area contributed by atoms with E-state index in [4.69, 9.17) is 14.7 Å². The van der Waals surface area contributed by atoms with Crippen molar-refractivity contribution >= 4 is 0 Å². The third-order valence-corrected chi connectivity index (χ3v) is 2.84. The van der Waals surface area contributed by atoms with Gasteiger partial charge in [0.05, 0.1) is 6.54 Å². The Morgan fingerprint density at radius 1 is 1.37 bits per heavy atom. The van der Waals surface area contributed by atoms with Gasteiger partial charge in [0.1, 0.15) is 30.7 Å². The molecule has 2 aromatic rings. The summed E-state index contributed by atoms with van der Waals surface area (Å²) in [5, 5.41) is 13.0. The summed E-state index contributed by atoms with van der Waals surface area (Å²) in [6.45, 7) is 1.06. The Bertz CT molecular complexity index is 647. The van der Waals surface area contributed by atoms with Crippen LogP contribution in [-0.4, -0.2) is 23.0 Å². The molecule has 0 N–H and O–H groups in total. The molecule has 0 spiro atoms. The number of hydrogen-bond donors (Lipinski definition) is 0. The molecule has 96 valence electrons. The van der Waals surface area contributed by atoms with Crippen LogP contribution in [0.1, 0.15) is 11.1 Å². The number of benzene rings is 1. The van der Waals surface area contributed by atoms with Crippen LogP contribution >= 0.6 is 0 Å². The van der Waals surface area contributed by atoms with Crippen LogP contribution in [0.4, 0.5) is 4.39 Å². The van der Waals surface area contributed by atoms with Crippen molar-refractivity contribution in [3.05, 3.63) is 41.5 Å². The van der Waals surface area contributed by atoms with Crippen LogP contribution in [0, 0.1) is 17.1 Å². The first-order valence-corrected chi connectivity index (χ1v) is 5.78. The Morgan fingerprint density at radius 3 is 2.84 bits per heavy atom. The van der Waals surface area contributed by atoms with Crippen molar-refractivity contribution in [2.45, 2.75) is 6.54 Å². The van der Waals surface area contributed by atoms with E-state index in [1.54, 1.807) is 23.1 Å². The molecular weight excluding hydrogens is 249 g/mol. The normalized spacial score (nSPS) is 13.1. The molecule has 1 aromatic carbocycles. The molecule has 5 nitrogen and oxygen atoms in total. The standard InChI is InChI=1S/C13H10FN3O2/c14-11-6-9(8-17-3-1-2-16-17)12-13(10(11)7-15)19-5-4-18-12/h1-3,6H,4-5,8H2. The summed E-state index contributed by atoms with van der Waals surface area (Å²) in [6.07, 6.45) is 3.41. The minimum Gasteiger partial charge on any atom is -0.486 e. The van der Waals surface area contributed by atoms with E-state index in [1.165, 1.54) is 6.07 Å². The zero-order chi connectivity index (χ0) is 13.2. The number of fused-ring (bicyclic) bond motifs is 1. The number of nitrogens with zero attached hydrogens (tertiary/aromatic N) is 3. The van der Waals surface area contributed by atoms with Gasteiger partial charge in [0.15, 0.2) is 11.5 Å². The molecule has 19 heavy (non-hydrogen) atoms. The molecule has 0 saturated heterocycles. The van der Waals surface area contributed by atoms with Gasteiger partial charge in [-0.3, -0.25) is 4.68 Å². The molecule has 2 heterocycles. The molecule has 0 saturated carbocycles. The molecule has 1 aliphatic heterocycles. The Labute approximate surface area is 108 Å². The Kier molecular flexibility index (Phi) is 2.80. The Hall–Kier alpha value is -2.55. The number of ether oxygens (including phenoxy) is 2. The highest BCUT2D eigenvalue weighted by molar-refractivity contribution is 5.58. The van der Waals surface area contributed by atoms with Gasteiger partial charge in [-0.05, 0) is 12.1 Å². The lowest BCUT2D eigenvalue weighted by Gasteiger charge is -2.22. The fourth-order valence-corrected chi connectivity index (χ4v) is 2.03. The molecule has 1 aromatic heterocycles. The average molecular weight is 259 g/mol. The van der Waals surface area contributed by atoms with Crippen molar-refractivity contribution in [1.82, 2.24) is 9.78 Å². The fraction of sp³-hybridized carbons (Fsp3) is 0.231. The molecule has 0 unspecified atom stereocenters. The molecule has 0 atom stereocenters. The lowest BCUT2D eigenvalue weighted by atomic mass is 10.1. The highest BCUT2D eigenvalue weighted by atomic mass is 19.1. The first-order valence-electron chi connectivity index (χ1n) is 5.78. The quantitative estimate of drug-likeness (QED) is 0.823. The van der Waals surface area contributed by atoms with Gasteiger partial charge in [-0.2, -0.15) is 10.4 Å². The van der Waals surface area contributed by atoms with Crippen LogP contribution in [0.25, 0.3) is 0 Å². The average Bonchev–Trinajstić information content (AvgIpc) is 2.92. The maximum Gasteiger partial charge on any atom is 0.182 e. The summed E-state index contributed by atoms with van der Waals surface area (Å²) < 4.78 is 26.4. The lowest BCUT2D eigenvalue weighted by Crippen LogP contribution is -2.19. The van der Waals surface area contributed by atoms with Crippen molar-refractivity contribution < 1.29 is 13.9 Å². The van der Waals surface area contributed by atoms with Crippen LogP contribution in [-0.2, 0) is 6.54 Å². The summed E-state index contributed by atoms with van der Waals surface area (Å²) in [4.78, 5) is 0. The third kappa shape index (κ3) is 1.99. The van der Waals surface area contributed by atoms with E-state index in [0.29, 0.717) is 31.1 Å². The third-order valence-electron chi connectivity index (χ3n) is 2.84.